The van der Waals surface area contributed by atoms with Gasteiger partial charge in [-0.2, -0.15) is 0 Å². The van der Waals surface area contributed by atoms with Gasteiger partial charge in [0.1, 0.15) is 5.82 Å². The average Bonchev–Trinajstić information content (AvgIpc) is 2.99. The van der Waals surface area contributed by atoms with Crippen LogP contribution in [0.4, 0.5) is 10.1 Å². The van der Waals surface area contributed by atoms with E-state index in [0.29, 0.717) is 31.7 Å². The number of hydrogen-bond acceptors (Lipinski definition) is 4. The summed E-state index contributed by atoms with van der Waals surface area (Å²) in [7, 11) is 0. The first-order valence-electron chi connectivity index (χ1n) is 8.67. The fourth-order valence-electron chi connectivity index (χ4n) is 3.55. The van der Waals surface area contributed by atoms with Crippen molar-refractivity contribution in [1.82, 2.24) is 5.32 Å². The molecule has 0 spiro atoms. The first kappa shape index (κ1) is 19.6. The third-order valence-electron chi connectivity index (χ3n) is 5.04. The van der Waals surface area contributed by atoms with Crippen LogP contribution in [0.2, 0.25) is 5.02 Å². The van der Waals surface area contributed by atoms with E-state index in [1.807, 2.05) is 0 Å². The molecular weight excluding hydrogens is 379 g/mol. The number of benzene rings is 1. The zero-order valence-electron chi connectivity index (χ0n) is 14.5. The SMILES string of the molecule is O=C(O)CC1(NC(=O)C2CC(=O)N(c3ccc(Cl)c(F)c3)C2)CCOCC1. The zero-order chi connectivity index (χ0) is 19.6. The predicted octanol–water partition coefficient (Wildman–Crippen LogP) is 1.97. The molecule has 1 unspecified atom stereocenters. The number of hydrogen-bond donors (Lipinski definition) is 2. The van der Waals surface area contributed by atoms with E-state index in [4.69, 9.17) is 16.3 Å². The Morgan fingerprint density at radius 2 is 2.07 bits per heavy atom. The molecule has 1 atom stereocenters. The number of carbonyl (C=O) groups excluding carboxylic acids is 2. The van der Waals surface area contributed by atoms with Gasteiger partial charge in [-0.15, -0.1) is 0 Å². The number of anilines is 1. The van der Waals surface area contributed by atoms with E-state index < -0.39 is 23.2 Å². The monoisotopic (exact) mass is 398 g/mol. The van der Waals surface area contributed by atoms with Crippen molar-refractivity contribution < 1.29 is 28.6 Å². The quantitative estimate of drug-likeness (QED) is 0.790. The molecule has 146 valence electrons. The Morgan fingerprint density at radius 3 is 2.70 bits per heavy atom. The van der Waals surface area contributed by atoms with Crippen LogP contribution in [0, 0.1) is 11.7 Å². The number of nitrogens with one attached hydrogen (secondary N) is 1. The van der Waals surface area contributed by atoms with Gasteiger partial charge in [0.2, 0.25) is 11.8 Å². The Bertz CT molecular complexity index is 766. The van der Waals surface area contributed by atoms with Crippen molar-refractivity contribution in [3.8, 4) is 0 Å². The molecular formula is C18H20ClFN2O5. The fraction of sp³-hybridized carbons (Fsp3) is 0.500. The number of halogens is 2. The summed E-state index contributed by atoms with van der Waals surface area (Å²) < 4.78 is 19.0. The highest BCUT2D eigenvalue weighted by Crippen LogP contribution is 2.30. The smallest absolute Gasteiger partial charge is 0.305 e. The van der Waals surface area contributed by atoms with E-state index in [1.54, 1.807) is 0 Å². The van der Waals surface area contributed by atoms with E-state index in [9.17, 15) is 23.9 Å². The standard InChI is InChI=1S/C18H20ClFN2O5/c19-13-2-1-12(8-14(13)20)22-10-11(7-15(22)23)17(26)21-18(9-16(24)25)3-5-27-6-4-18/h1-2,8,11H,3-7,9-10H2,(H,21,26)(H,24,25). The Morgan fingerprint density at radius 1 is 1.37 bits per heavy atom. The molecule has 0 radical (unpaired) electrons. The summed E-state index contributed by atoms with van der Waals surface area (Å²) in [5, 5.41) is 12.0. The summed E-state index contributed by atoms with van der Waals surface area (Å²) in [5.41, 5.74) is -0.534. The van der Waals surface area contributed by atoms with Crippen LogP contribution in [-0.4, -0.2) is 48.2 Å². The van der Waals surface area contributed by atoms with Crippen LogP contribution in [0.1, 0.15) is 25.7 Å². The summed E-state index contributed by atoms with van der Waals surface area (Å²) in [6.07, 6.45) is 0.584. The van der Waals surface area contributed by atoms with Gasteiger partial charge in [-0.1, -0.05) is 11.6 Å². The Hall–Kier alpha value is -2.19. The van der Waals surface area contributed by atoms with Crippen molar-refractivity contribution in [3.05, 3.63) is 29.0 Å². The van der Waals surface area contributed by atoms with Crippen molar-refractivity contribution in [3.63, 3.8) is 0 Å². The van der Waals surface area contributed by atoms with Crippen LogP contribution < -0.4 is 10.2 Å². The molecule has 2 fully saturated rings. The van der Waals surface area contributed by atoms with Gasteiger partial charge in [-0.25, -0.2) is 4.39 Å². The summed E-state index contributed by atoms with van der Waals surface area (Å²) in [5.74, 6) is -2.94. The molecule has 27 heavy (non-hydrogen) atoms. The number of rotatable bonds is 5. The van der Waals surface area contributed by atoms with Gasteiger partial charge < -0.3 is 20.1 Å². The second kappa shape index (κ2) is 7.82. The molecule has 2 aliphatic rings. The second-order valence-corrected chi connectivity index (χ2v) is 7.36. The molecule has 2 aliphatic heterocycles. The zero-order valence-corrected chi connectivity index (χ0v) is 15.3. The minimum atomic E-state index is -1.00. The molecule has 2 saturated heterocycles. The van der Waals surface area contributed by atoms with E-state index in [0.717, 1.165) is 6.07 Å². The van der Waals surface area contributed by atoms with Crippen LogP contribution in [0.15, 0.2) is 18.2 Å². The highest BCUT2D eigenvalue weighted by molar-refractivity contribution is 6.30. The topological polar surface area (TPSA) is 95.9 Å². The van der Waals surface area contributed by atoms with Crippen molar-refractivity contribution in [2.24, 2.45) is 5.92 Å². The predicted molar refractivity (Wildman–Crippen MR) is 95.0 cm³/mol. The summed E-state index contributed by atoms with van der Waals surface area (Å²) in [6.45, 7) is 0.839. The van der Waals surface area contributed by atoms with Crippen molar-refractivity contribution in [2.75, 3.05) is 24.7 Å². The Labute approximate surface area is 160 Å². The Kier molecular flexibility index (Phi) is 5.67. The normalized spacial score (nSPS) is 21.9. The minimum Gasteiger partial charge on any atom is -0.481 e. The lowest BCUT2D eigenvalue weighted by molar-refractivity contribution is -0.141. The lowest BCUT2D eigenvalue weighted by Gasteiger charge is -2.37. The van der Waals surface area contributed by atoms with Gasteiger partial charge in [0.15, 0.2) is 0 Å². The maximum absolute atomic E-state index is 13.7. The summed E-state index contributed by atoms with van der Waals surface area (Å²) in [4.78, 5) is 37.6. The number of carboxylic acid groups (broad SMARTS) is 1. The van der Waals surface area contributed by atoms with E-state index in [-0.39, 0.29) is 36.2 Å². The number of amides is 2. The van der Waals surface area contributed by atoms with Crippen LogP contribution in [0.5, 0.6) is 0 Å². The Balaban J connectivity index is 1.71. The van der Waals surface area contributed by atoms with Crippen LogP contribution in [0.3, 0.4) is 0 Å². The van der Waals surface area contributed by atoms with E-state index >= 15 is 0 Å². The highest BCUT2D eigenvalue weighted by atomic mass is 35.5. The van der Waals surface area contributed by atoms with Gasteiger partial charge in [-0.05, 0) is 31.0 Å². The average molecular weight is 399 g/mol. The molecule has 2 N–H and O–H groups in total. The van der Waals surface area contributed by atoms with Crippen molar-refractivity contribution >= 4 is 35.1 Å². The minimum absolute atomic E-state index is 0.0181. The van der Waals surface area contributed by atoms with E-state index in [2.05, 4.69) is 5.32 Å². The molecule has 7 nitrogen and oxygen atoms in total. The van der Waals surface area contributed by atoms with Crippen LogP contribution in [0.25, 0.3) is 0 Å². The number of carbonyl (C=O) groups is 3. The molecule has 2 amide bonds. The number of carboxylic acids is 1. The number of aliphatic carboxylic acids is 1. The molecule has 9 heteroatoms. The van der Waals surface area contributed by atoms with Gasteiger partial charge in [0, 0.05) is 31.9 Å². The van der Waals surface area contributed by atoms with Crippen LogP contribution >= 0.6 is 11.6 Å². The molecule has 1 aromatic carbocycles. The fourth-order valence-corrected chi connectivity index (χ4v) is 3.66. The maximum atomic E-state index is 13.7. The lowest BCUT2D eigenvalue weighted by atomic mass is 9.85. The highest BCUT2D eigenvalue weighted by Gasteiger charge is 2.41. The van der Waals surface area contributed by atoms with Gasteiger partial charge in [0.25, 0.3) is 0 Å². The molecule has 2 heterocycles. The summed E-state index contributed by atoms with van der Waals surface area (Å²) >= 11 is 5.67. The lowest BCUT2D eigenvalue weighted by Crippen LogP contribution is -2.54. The first-order valence-corrected chi connectivity index (χ1v) is 9.04. The molecule has 1 aromatic rings. The second-order valence-electron chi connectivity index (χ2n) is 6.96. The third-order valence-corrected chi connectivity index (χ3v) is 5.35. The van der Waals surface area contributed by atoms with Crippen molar-refractivity contribution in [2.45, 2.75) is 31.2 Å². The molecule has 0 saturated carbocycles. The van der Waals surface area contributed by atoms with Crippen LogP contribution in [-0.2, 0) is 19.1 Å². The van der Waals surface area contributed by atoms with Gasteiger partial charge >= 0.3 is 5.97 Å². The van der Waals surface area contributed by atoms with Crippen molar-refractivity contribution in [1.29, 1.82) is 0 Å². The first-order chi connectivity index (χ1) is 12.8. The van der Waals surface area contributed by atoms with Gasteiger partial charge in [0.05, 0.1) is 22.9 Å². The molecule has 0 aliphatic carbocycles. The molecule has 0 aromatic heterocycles. The summed E-state index contributed by atoms with van der Waals surface area (Å²) in [6, 6.07) is 4.04. The third kappa shape index (κ3) is 4.39. The molecule has 0 bridgehead atoms. The number of nitrogens with zero attached hydrogens (tertiary/aromatic N) is 1. The van der Waals surface area contributed by atoms with Gasteiger partial charge in [-0.3, -0.25) is 14.4 Å². The largest absolute Gasteiger partial charge is 0.481 e. The maximum Gasteiger partial charge on any atom is 0.305 e. The number of ether oxygens (including phenoxy) is 1. The van der Waals surface area contributed by atoms with E-state index in [1.165, 1.54) is 17.0 Å². The molecule has 3 rings (SSSR count).